The molecule has 22 heavy (non-hydrogen) atoms. The van der Waals surface area contributed by atoms with Crippen LogP contribution in [0.4, 0.5) is 0 Å². The first-order chi connectivity index (χ1) is 10.3. The average molecular weight is 347 g/mol. The maximum Gasteiger partial charge on any atom is 0.376 e. The molecule has 0 aliphatic carbocycles. The van der Waals surface area contributed by atoms with Gasteiger partial charge < -0.3 is 9.32 Å². The lowest BCUT2D eigenvalue weighted by Gasteiger charge is -2.17. The highest BCUT2D eigenvalue weighted by Crippen LogP contribution is 2.28. The average Bonchev–Trinajstić information content (AvgIpc) is 2.94. The third-order valence-corrected chi connectivity index (χ3v) is 4.18. The second-order valence-corrected chi connectivity index (χ2v) is 6.47. The van der Waals surface area contributed by atoms with Gasteiger partial charge >= 0.3 is 5.89 Å². The molecule has 9 heteroatoms. The number of nitrogens with zero attached hydrogens (tertiary/aromatic N) is 2. The lowest BCUT2D eigenvalue weighted by atomic mass is 10.3. The molecular weight excluding hydrogens is 332 g/mol. The second kappa shape index (κ2) is 6.86. The predicted octanol–water partition coefficient (Wildman–Crippen LogP) is -2.52. The minimum Gasteiger partial charge on any atom is -0.398 e. The lowest BCUT2D eigenvalue weighted by molar-refractivity contribution is -2.00. The predicted molar refractivity (Wildman–Crippen MR) is 70.5 cm³/mol. The molecule has 2 aromatic rings. The molecule has 0 radical (unpaired) electrons. The number of fused-ring (bicyclic) bond motifs is 1. The van der Waals surface area contributed by atoms with E-state index in [0.29, 0.717) is 0 Å². The molecule has 0 bridgehead atoms. The summed E-state index contributed by atoms with van der Waals surface area (Å²) in [7, 11) is -0.785. The van der Waals surface area contributed by atoms with Crippen LogP contribution in [0.2, 0.25) is 0 Å². The maximum absolute atomic E-state index is 8.49. The van der Waals surface area contributed by atoms with Gasteiger partial charge in [-0.15, -0.1) is 22.0 Å². The monoisotopic (exact) mass is 346 g/mol. The molecular formula is C13H15ClN2O5S. The standard InChI is InChI=1S/C13H15N2OS.ClHO4/c1-14-7-8-17-13(14)9-12-15(2)10-5-3-4-6-11(10)16-12;2-1(3,4)5/h3-6,9H,7-8H2,1-2H3;(H,2,3,4,5)/q+1;/p-1. The largest absolute Gasteiger partial charge is 0.398 e. The van der Waals surface area contributed by atoms with Crippen LogP contribution in [0, 0.1) is 10.2 Å². The normalized spacial score (nSPS) is 17.0. The number of oxazole rings is 1. The Labute approximate surface area is 133 Å². The van der Waals surface area contributed by atoms with Crippen molar-refractivity contribution in [3.8, 4) is 0 Å². The number of thioether (sulfide) groups is 1. The zero-order valence-corrected chi connectivity index (χ0v) is 13.6. The number of aromatic nitrogens is 1. The van der Waals surface area contributed by atoms with Gasteiger partial charge in [0.25, 0.3) is 5.52 Å². The summed E-state index contributed by atoms with van der Waals surface area (Å²) in [6.45, 7) is 1.11. The van der Waals surface area contributed by atoms with Crippen LogP contribution in [0.25, 0.3) is 17.2 Å². The van der Waals surface area contributed by atoms with E-state index in [0.717, 1.165) is 29.3 Å². The van der Waals surface area contributed by atoms with E-state index in [1.54, 1.807) is 0 Å². The van der Waals surface area contributed by atoms with E-state index >= 15 is 0 Å². The fourth-order valence-corrected chi connectivity index (χ4v) is 3.08. The molecule has 0 spiro atoms. The Morgan fingerprint density at radius 2 is 1.91 bits per heavy atom. The Hall–Kier alpha value is -1.29. The molecule has 1 aromatic carbocycles. The van der Waals surface area contributed by atoms with Gasteiger partial charge in [-0.05, 0) is 6.07 Å². The third kappa shape index (κ3) is 4.60. The van der Waals surface area contributed by atoms with Crippen LogP contribution in [0.3, 0.4) is 0 Å². The summed E-state index contributed by atoms with van der Waals surface area (Å²) < 4.78 is 41.9. The molecule has 1 aliphatic rings. The molecule has 0 unspecified atom stereocenters. The van der Waals surface area contributed by atoms with Crippen LogP contribution in [-0.4, -0.2) is 24.2 Å². The summed E-state index contributed by atoms with van der Waals surface area (Å²) in [6, 6.07) is 8.11. The first kappa shape index (κ1) is 17.1. The molecule has 120 valence electrons. The van der Waals surface area contributed by atoms with Crippen LogP contribution in [0.15, 0.2) is 33.7 Å². The van der Waals surface area contributed by atoms with Crippen LogP contribution >= 0.6 is 11.8 Å². The highest BCUT2D eigenvalue weighted by Gasteiger charge is 2.20. The number of aryl methyl sites for hydroxylation is 1. The molecule has 0 saturated carbocycles. The van der Waals surface area contributed by atoms with Crippen molar-refractivity contribution in [1.82, 2.24) is 4.90 Å². The molecule has 1 fully saturated rings. The highest BCUT2D eigenvalue weighted by atomic mass is 35.7. The molecule has 1 saturated heterocycles. The first-order valence-electron chi connectivity index (χ1n) is 6.30. The Morgan fingerprint density at radius 3 is 2.45 bits per heavy atom. The van der Waals surface area contributed by atoms with Gasteiger partial charge in [-0.3, -0.25) is 0 Å². The van der Waals surface area contributed by atoms with Crippen molar-refractivity contribution in [2.75, 3.05) is 19.3 Å². The fourth-order valence-electron chi connectivity index (χ4n) is 2.01. The Balaban J connectivity index is 0.000000309. The summed E-state index contributed by atoms with van der Waals surface area (Å²) in [6.07, 6.45) is 2.12. The molecule has 1 aliphatic heterocycles. The minimum atomic E-state index is -4.94. The molecule has 0 atom stereocenters. The number of hydrogen-bond acceptors (Lipinski definition) is 7. The van der Waals surface area contributed by atoms with Gasteiger partial charge in [-0.2, -0.15) is 4.57 Å². The van der Waals surface area contributed by atoms with Gasteiger partial charge in [0.2, 0.25) is 5.58 Å². The summed E-state index contributed by atoms with van der Waals surface area (Å²) in [4.78, 5) is 2.26. The molecule has 2 heterocycles. The van der Waals surface area contributed by atoms with Crippen molar-refractivity contribution in [3.05, 3.63) is 35.2 Å². The number of halogens is 1. The van der Waals surface area contributed by atoms with Crippen LogP contribution in [0.5, 0.6) is 0 Å². The second-order valence-electron chi connectivity index (χ2n) is 4.60. The van der Waals surface area contributed by atoms with E-state index in [9.17, 15) is 0 Å². The van der Waals surface area contributed by atoms with Crippen molar-refractivity contribution in [3.63, 3.8) is 0 Å². The Kier molecular flexibility index (Phi) is 5.32. The summed E-state index contributed by atoms with van der Waals surface area (Å²) in [5.74, 6) is 2.06. The molecule has 7 nitrogen and oxygen atoms in total. The molecule has 1 aromatic heterocycles. The first-order valence-corrected chi connectivity index (χ1v) is 8.52. The Bertz CT molecular complexity index is 677. The SMILES string of the molecule is CN1CCSC1=Cc1oc2ccccc2[n+]1C.[O-][Cl+3]([O-])([O-])[O-]. The van der Waals surface area contributed by atoms with Crippen molar-refractivity contribution < 1.29 is 37.9 Å². The topological polar surface area (TPSA) is 112 Å². The van der Waals surface area contributed by atoms with Crippen LogP contribution in [0.1, 0.15) is 5.89 Å². The van der Waals surface area contributed by atoms with E-state index in [-0.39, 0.29) is 0 Å². The fraction of sp³-hybridized carbons (Fsp3) is 0.308. The lowest BCUT2D eigenvalue weighted by Crippen LogP contribution is -2.68. The zero-order valence-electron chi connectivity index (χ0n) is 12.0. The quantitative estimate of drug-likeness (QED) is 0.523. The number of para-hydroxylation sites is 2. The minimum absolute atomic E-state index is 0.905. The van der Waals surface area contributed by atoms with Gasteiger partial charge in [0.05, 0.1) is 11.1 Å². The Morgan fingerprint density at radius 1 is 1.27 bits per heavy atom. The molecule has 0 amide bonds. The number of hydrogen-bond donors (Lipinski definition) is 0. The summed E-state index contributed by atoms with van der Waals surface area (Å²) in [5.41, 5.74) is 2.07. The smallest absolute Gasteiger partial charge is 0.376 e. The molecule has 3 rings (SSSR count). The van der Waals surface area contributed by atoms with Crippen molar-refractivity contribution >= 4 is 28.9 Å². The van der Waals surface area contributed by atoms with Gasteiger partial charge in [-0.1, -0.05) is 12.1 Å². The van der Waals surface area contributed by atoms with E-state index in [1.807, 2.05) is 37.0 Å². The van der Waals surface area contributed by atoms with Gasteiger partial charge in [0.15, 0.2) is 0 Å². The van der Waals surface area contributed by atoms with Gasteiger partial charge in [0, 0.05) is 25.4 Å². The van der Waals surface area contributed by atoms with Gasteiger partial charge in [0.1, 0.15) is 7.05 Å². The van der Waals surface area contributed by atoms with Crippen LogP contribution in [-0.2, 0) is 7.05 Å². The van der Waals surface area contributed by atoms with E-state index in [2.05, 4.69) is 28.7 Å². The van der Waals surface area contributed by atoms with Crippen molar-refractivity contribution in [1.29, 1.82) is 0 Å². The number of benzene rings is 1. The van der Waals surface area contributed by atoms with Crippen LogP contribution < -0.4 is 23.2 Å². The van der Waals surface area contributed by atoms with Crippen molar-refractivity contribution in [2.24, 2.45) is 7.05 Å². The maximum atomic E-state index is 8.49. The summed E-state index contributed by atoms with van der Waals surface area (Å²) in [5, 5.41) is 1.28. The molecule has 0 N–H and O–H groups in total. The van der Waals surface area contributed by atoms with Crippen molar-refractivity contribution in [2.45, 2.75) is 0 Å². The van der Waals surface area contributed by atoms with E-state index in [1.165, 1.54) is 5.03 Å². The number of rotatable bonds is 1. The third-order valence-electron chi connectivity index (χ3n) is 3.07. The van der Waals surface area contributed by atoms with Gasteiger partial charge in [-0.25, -0.2) is 18.6 Å². The van der Waals surface area contributed by atoms with E-state index < -0.39 is 10.2 Å². The zero-order chi connectivity index (χ0) is 16.3. The highest BCUT2D eigenvalue weighted by molar-refractivity contribution is 8.03. The van der Waals surface area contributed by atoms with E-state index in [4.69, 9.17) is 23.1 Å². The summed E-state index contributed by atoms with van der Waals surface area (Å²) >= 11 is 1.88.